The number of amides is 2. The van der Waals surface area contributed by atoms with Crippen molar-refractivity contribution >= 4 is 40.7 Å². The van der Waals surface area contributed by atoms with Crippen LogP contribution in [0, 0.1) is 0 Å². The minimum absolute atomic E-state index is 0.163. The number of nitrogens with one attached hydrogen (secondary N) is 2. The first-order valence-corrected chi connectivity index (χ1v) is 12.8. The minimum Gasteiger partial charge on any atom is -0.353 e. The summed E-state index contributed by atoms with van der Waals surface area (Å²) in [7, 11) is 0. The number of nitrogens with zero attached hydrogens (tertiary/aromatic N) is 1. The molecule has 11 heteroatoms. The fourth-order valence-corrected chi connectivity index (χ4v) is 4.91. The van der Waals surface area contributed by atoms with Gasteiger partial charge < -0.3 is 15.5 Å². The zero-order valence-corrected chi connectivity index (χ0v) is 19.6. The summed E-state index contributed by atoms with van der Waals surface area (Å²) in [6.07, 6.45) is -0.423. The van der Waals surface area contributed by atoms with Crippen molar-refractivity contribution in [3.05, 3.63) is 22.4 Å². The number of thiophene rings is 1. The lowest BCUT2D eigenvalue weighted by molar-refractivity contribution is -0.167. The van der Waals surface area contributed by atoms with Gasteiger partial charge in [-0.2, -0.15) is 36.3 Å². The van der Waals surface area contributed by atoms with Crippen LogP contribution in [-0.4, -0.2) is 72.4 Å². The number of Topliss-reactive ketones (excluding diaryl/α,β-unsaturated/α-hetero) is 1. The Morgan fingerprint density at radius 3 is 2.59 bits per heavy atom. The van der Waals surface area contributed by atoms with Gasteiger partial charge in [-0.15, -0.1) is 0 Å². The van der Waals surface area contributed by atoms with Crippen molar-refractivity contribution in [2.24, 2.45) is 0 Å². The van der Waals surface area contributed by atoms with Gasteiger partial charge >= 0.3 is 6.18 Å². The number of likely N-dealkylation sites (tertiary alicyclic amines) is 1. The predicted molar refractivity (Wildman–Crippen MR) is 121 cm³/mol. The highest BCUT2D eigenvalue weighted by atomic mass is 32.2. The van der Waals surface area contributed by atoms with Crippen LogP contribution in [0.25, 0.3) is 0 Å². The maximum absolute atomic E-state index is 12.7. The van der Waals surface area contributed by atoms with Gasteiger partial charge in [0.05, 0.1) is 12.2 Å². The van der Waals surface area contributed by atoms with Crippen LogP contribution in [0.2, 0.25) is 0 Å². The molecule has 1 saturated heterocycles. The number of carbonyl (C=O) groups excluding carboxylic acids is 3. The van der Waals surface area contributed by atoms with Gasteiger partial charge in [0, 0.05) is 13.1 Å². The van der Waals surface area contributed by atoms with E-state index in [0.29, 0.717) is 18.7 Å². The molecule has 1 aromatic heterocycles. The van der Waals surface area contributed by atoms with Crippen LogP contribution in [-0.2, 0) is 20.8 Å². The number of carbonyl (C=O) groups is 3. The highest BCUT2D eigenvalue weighted by Gasteiger charge is 2.37. The van der Waals surface area contributed by atoms with Crippen molar-refractivity contribution in [1.82, 2.24) is 15.5 Å². The molecular formula is C21H30F3N3O3S2. The second kappa shape index (κ2) is 13.8. The van der Waals surface area contributed by atoms with Crippen molar-refractivity contribution in [2.45, 2.75) is 50.7 Å². The molecule has 0 unspecified atom stereocenters. The van der Waals surface area contributed by atoms with Gasteiger partial charge in [-0.1, -0.05) is 6.42 Å². The van der Waals surface area contributed by atoms with Crippen LogP contribution in [0.1, 0.15) is 37.7 Å². The van der Waals surface area contributed by atoms with Crippen molar-refractivity contribution in [3.8, 4) is 0 Å². The average molecular weight is 494 g/mol. The van der Waals surface area contributed by atoms with Gasteiger partial charge in [-0.05, 0) is 66.9 Å². The van der Waals surface area contributed by atoms with E-state index >= 15 is 0 Å². The molecule has 1 fully saturated rings. The van der Waals surface area contributed by atoms with Gasteiger partial charge in [0.25, 0.3) is 0 Å². The number of hydrogen-bond donors (Lipinski definition) is 2. The Morgan fingerprint density at radius 1 is 1.19 bits per heavy atom. The summed E-state index contributed by atoms with van der Waals surface area (Å²) in [6.45, 7) is 3.26. The van der Waals surface area contributed by atoms with E-state index in [0.717, 1.165) is 49.8 Å². The van der Waals surface area contributed by atoms with Crippen LogP contribution in [0.5, 0.6) is 0 Å². The van der Waals surface area contributed by atoms with Crippen LogP contribution in [0.15, 0.2) is 16.8 Å². The summed E-state index contributed by atoms with van der Waals surface area (Å²) >= 11 is 2.36. The number of thioether (sulfide) groups is 1. The van der Waals surface area contributed by atoms with E-state index in [1.165, 1.54) is 17.8 Å². The molecule has 32 heavy (non-hydrogen) atoms. The summed E-state index contributed by atoms with van der Waals surface area (Å²) in [5.41, 5.74) is 0.859. The lowest BCUT2D eigenvalue weighted by Crippen LogP contribution is -2.49. The number of ketones is 1. The molecule has 1 aliphatic heterocycles. The Labute approximate surface area is 194 Å². The molecule has 1 atom stereocenters. The largest absolute Gasteiger partial charge is 0.450 e. The van der Waals surface area contributed by atoms with E-state index in [2.05, 4.69) is 15.5 Å². The predicted octanol–water partition coefficient (Wildman–Crippen LogP) is 3.02. The van der Waals surface area contributed by atoms with E-state index in [9.17, 15) is 27.6 Å². The number of halogens is 3. The fourth-order valence-electron chi connectivity index (χ4n) is 3.37. The Bertz CT molecular complexity index is 724. The Kier molecular flexibility index (Phi) is 11.5. The zero-order chi connectivity index (χ0) is 23.4. The first-order chi connectivity index (χ1) is 15.3. The quantitative estimate of drug-likeness (QED) is 0.413. The number of alkyl halides is 3. The van der Waals surface area contributed by atoms with Gasteiger partial charge in [-0.3, -0.25) is 14.4 Å². The molecule has 2 N–H and O–H groups in total. The normalized spacial score (nSPS) is 15.8. The van der Waals surface area contributed by atoms with Crippen molar-refractivity contribution in [2.75, 3.05) is 37.7 Å². The molecule has 0 saturated carbocycles. The monoisotopic (exact) mass is 493 g/mol. The highest BCUT2D eigenvalue weighted by molar-refractivity contribution is 7.99. The molecule has 6 nitrogen and oxygen atoms in total. The fraction of sp³-hybridized carbons (Fsp3) is 0.667. The summed E-state index contributed by atoms with van der Waals surface area (Å²) < 4.78 is 36.8. The highest BCUT2D eigenvalue weighted by Crippen LogP contribution is 2.19. The third kappa shape index (κ3) is 10.4. The lowest BCUT2D eigenvalue weighted by Gasteiger charge is -2.26. The van der Waals surface area contributed by atoms with E-state index in [1.807, 2.05) is 16.8 Å². The number of hydrogen-bond acceptors (Lipinski definition) is 6. The summed E-state index contributed by atoms with van der Waals surface area (Å²) in [5.74, 6) is -2.68. The standard InChI is InChI=1S/C21H30F3N3O3S2/c22-21(23,24)18(28)15-31-11-4-5-17(26-19(29)13-16-6-12-32-14-16)20(30)25-7-10-27-8-2-1-3-9-27/h6,12,14,17H,1-5,7-11,13,15H2,(H,25,30)(H,26,29)/t17-/m0/s1. The van der Waals surface area contributed by atoms with E-state index < -0.39 is 23.8 Å². The van der Waals surface area contributed by atoms with E-state index in [1.54, 1.807) is 0 Å². The van der Waals surface area contributed by atoms with E-state index in [-0.39, 0.29) is 24.7 Å². The summed E-state index contributed by atoms with van der Waals surface area (Å²) in [4.78, 5) is 38.3. The Morgan fingerprint density at radius 2 is 1.94 bits per heavy atom. The maximum Gasteiger partial charge on any atom is 0.450 e. The van der Waals surface area contributed by atoms with Gasteiger partial charge in [0.2, 0.25) is 17.6 Å². The molecule has 1 aromatic rings. The van der Waals surface area contributed by atoms with Crippen molar-refractivity contribution in [1.29, 1.82) is 0 Å². The summed E-state index contributed by atoms with van der Waals surface area (Å²) in [5, 5.41) is 9.35. The number of piperidine rings is 1. The van der Waals surface area contributed by atoms with E-state index in [4.69, 9.17) is 0 Å². The van der Waals surface area contributed by atoms with Crippen LogP contribution >= 0.6 is 23.1 Å². The number of rotatable bonds is 13. The molecule has 0 aliphatic carbocycles. The molecule has 180 valence electrons. The van der Waals surface area contributed by atoms with Crippen molar-refractivity contribution < 1.29 is 27.6 Å². The topological polar surface area (TPSA) is 78.5 Å². The molecule has 0 bridgehead atoms. The molecule has 2 heterocycles. The average Bonchev–Trinajstić information content (AvgIpc) is 3.25. The van der Waals surface area contributed by atoms with Gasteiger partial charge in [0.15, 0.2) is 0 Å². The Balaban J connectivity index is 1.78. The van der Waals surface area contributed by atoms with Crippen LogP contribution in [0.4, 0.5) is 13.2 Å². The molecule has 0 spiro atoms. The second-order valence-electron chi connectivity index (χ2n) is 7.74. The second-order valence-corrected chi connectivity index (χ2v) is 9.62. The minimum atomic E-state index is -4.82. The Hall–Kier alpha value is -1.59. The van der Waals surface area contributed by atoms with Crippen molar-refractivity contribution in [3.63, 3.8) is 0 Å². The molecule has 2 amide bonds. The third-order valence-electron chi connectivity index (χ3n) is 5.10. The maximum atomic E-state index is 12.7. The molecule has 0 aromatic carbocycles. The lowest BCUT2D eigenvalue weighted by atomic mass is 10.1. The zero-order valence-electron chi connectivity index (χ0n) is 17.9. The smallest absolute Gasteiger partial charge is 0.353 e. The first-order valence-electron chi connectivity index (χ1n) is 10.7. The molecule has 1 aliphatic rings. The molecule has 0 radical (unpaired) electrons. The first kappa shape index (κ1) is 26.7. The molecular weight excluding hydrogens is 463 g/mol. The van der Waals surface area contributed by atoms with Crippen LogP contribution < -0.4 is 10.6 Å². The van der Waals surface area contributed by atoms with Gasteiger partial charge in [-0.25, -0.2) is 0 Å². The summed E-state index contributed by atoms with van der Waals surface area (Å²) in [6, 6.07) is 1.08. The SMILES string of the molecule is O=C(Cc1ccsc1)N[C@@H](CCCSCC(=O)C(F)(F)F)C(=O)NCCN1CCCCC1. The molecule has 2 rings (SSSR count). The van der Waals surface area contributed by atoms with Gasteiger partial charge in [0.1, 0.15) is 6.04 Å². The third-order valence-corrected chi connectivity index (χ3v) is 6.88. The van der Waals surface area contributed by atoms with Crippen LogP contribution in [0.3, 0.4) is 0 Å².